The van der Waals surface area contributed by atoms with Crippen LogP contribution in [0.5, 0.6) is 5.75 Å². The fourth-order valence-corrected chi connectivity index (χ4v) is 3.84. The minimum Gasteiger partial charge on any atom is -0.493 e. The Morgan fingerprint density at radius 3 is 2.78 bits per heavy atom. The summed E-state index contributed by atoms with van der Waals surface area (Å²) in [4.78, 5) is 4.77. The van der Waals surface area contributed by atoms with Gasteiger partial charge in [-0.2, -0.15) is 0 Å². The normalized spacial score (nSPS) is 16.5. The van der Waals surface area contributed by atoms with Crippen molar-refractivity contribution >= 4 is 5.96 Å². The third-order valence-electron chi connectivity index (χ3n) is 5.88. The van der Waals surface area contributed by atoms with E-state index >= 15 is 0 Å². The average Bonchev–Trinajstić information content (AvgIpc) is 3.48. The Morgan fingerprint density at radius 2 is 2.06 bits per heavy atom. The maximum Gasteiger partial charge on any atom is 0.191 e. The maximum atomic E-state index is 6.16. The summed E-state index contributed by atoms with van der Waals surface area (Å²) in [7, 11) is 0. The summed E-state index contributed by atoms with van der Waals surface area (Å²) in [5.41, 5.74) is 3.28. The van der Waals surface area contributed by atoms with Crippen molar-refractivity contribution in [1.82, 2.24) is 15.8 Å². The van der Waals surface area contributed by atoms with E-state index < -0.39 is 0 Å². The minimum absolute atomic E-state index is 0.449. The van der Waals surface area contributed by atoms with Crippen molar-refractivity contribution in [3.8, 4) is 5.75 Å². The highest BCUT2D eigenvalue weighted by atomic mass is 16.5. The Kier molecular flexibility index (Phi) is 9.41. The SMILES string of the molecule is CCNC(=NCc1ccc(C)cc1OCC1CCOC1)NCc1cc(C(CC)CC)no1. The van der Waals surface area contributed by atoms with Crippen molar-refractivity contribution in [2.75, 3.05) is 26.4 Å². The molecule has 1 unspecified atom stereocenters. The number of nitrogens with one attached hydrogen (secondary N) is 2. The van der Waals surface area contributed by atoms with E-state index in [-0.39, 0.29) is 0 Å². The molecule has 32 heavy (non-hydrogen) atoms. The molecule has 0 amide bonds. The third kappa shape index (κ3) is 6.99. The van der Waals surface area contributed by atoms with Crippen LogP contribution in [0.2, 0.25) is 0 Å². The fraction of sp³-hybridized carbons (Fsp3) is 0.600. The van der Waals surface area contributed by atoms with Gasteiger partial charge in [0.25, 0.3) is 0 Å². The molecule has 0 spiro atoms. The van der Waals surface area contributed by atoms with E-state index in [0.717, 1.165) is 67.7 Å². The summed E-state index contributed by atoms with van der Waals surface area (Å²) in [6.45, 7) is 12.7. The van der Waals surface area contributed by atoms with Crippen molar-refractivity contribution < 1.29 is 14.0 Å². The van der Waals surface area contributed by atoms with Crippen LogP contribution in [0.15, 0.2) is 33.8 Å². The van der Waals surface area contributed by atoms with Crippen molar-refractivity contribution in [3.05, 3.63) is 46.8 Å². The summed E-state index contributed by atoms with van der Waals surface area (Å²) in [5.74, 6) is 3.38. The van der Waals surface area contributed by atoms with Gasteiger partial charge in [-0.15, -0.1) is 0 Å². The molecular weight excluding hydrogens is 404 g/mol. The first-order valence-corrected chi connectivity index (χ1v) is 11.9. The molecule has 7 nitrogen and oxygen atoms in total. The van der Waals surface area contributed by atoms with Crippen LogP contribution in [0.1, 0.15) is 68.5 Å². The van der Waals surface area contributed by atoms with Gasteiger partial charge in [0.1, 0.15) is 5.75 Å². The largest absolute Gasteiger partial charge is 0.493 e. The summed E-state index contributed by atoms with van der Waals surface area (Å²) >= 11 is 0. The number of hydrogen-bond acceptors (Lipinski definition) is 5. The summed E-state index contributed by atoms with van der Waals surface area (Å²) < 4.78 is 17.1. The molecule has 1 aromatic carbocycles. The van der Waals surface area contributed by atoms with Gasteiger partial charge in [-0.3, -0.25) is 0 Å². The van der Waals surface area contributed by atoms with Crippen molar-refractivity contribution in [3.63, 3.8) is 0 Å². The van der Waals surface area contributed by atoms with E-state index in [1.54, 1.807) is 0 Å². The van der Waals surface area contributed by atoms with Crippen LogP contribution in [0.4, 0.5) is 0 Å². The number of rotatable bonds is 11. The number of hydrogen-bond donors (Lipinski definition) is 2. The van der Waals surface area contributed by atoms with Gasteiger partial charge in [0, 0.05) is 36.6 Å². The molecule has 0 bridgehead atoms. The molecule has 3 rings (SSSR count). The van der Waals surface area contributed by atoms with Crippen molar-refractivity contribution in [1.29, 1.82) is 0 Å². The predicted octanol–water partition coefficient (Wildman–Crippen LogP) is 4.56. The Balaban J connectivity index is 1.61. The molecule has 0 aliphatic carbocycles. The second-order valence-corrected chi connectivity index (χ2v) is 8.43. The molecule has 1 atom stereocenters. The molecule has 1 saturated heterocycles. The fourth-order valence-electron chi connectivity index (χ4n) is 3.84. The van der Waals surface area contributed by atoms with Crippen LogP contribution in [0.25, 0.3) is 0 Å². The highest BCUT2D eigenvalue weighted by Crippen LogP contribution is 2.24. The Morgan fingerprint density at radius 1 is 1.22 bits per heavy atom. The highest BCUT2D eigenvalue weighted by Gasteiger charge is 2.17. The number of benzene rings is 1. The van der Waals surface area contributed by atoms with Crippen molar-refractivity contribution in [2.24, 2.45) is 10.9 Å². The van der Waals surface area contributed by atoms with Crippen LogP contribution in [-0.4, -0.2) is 37.5 Å². The third-order valence-corrected chi connectivity index (χ3v) is 5.88. The first-order valence-electron chi connectivity index (χ1n) is 11.9. The van der Waals surface area contributed by atoms with Gasteiger partial charge >= 0.3 is 0 Å². The summed E-state index contributed by atoms with van der Waals surface area (Å²) in [6.07, 6.45) is 3.19. The number of guanidine groups is 1. The monoisotopic (exact) mass is 442 g/mol. The number of aliphatic imine (C=N–C) groups is 1. The van der Waals surface area contributed by atoms with Crippen LogP contribution < -0.4 is 15.4 Å². The Bertz CT molecular complexity index is 855. The number of nitrogens with zero attached hydrogens (tertiary/aromatic N) is 2. The lowest BCUT2D eigenvalue weighted by Gasteiger charge is -2.15. The van der Waals surface area contributed by atoms with Gasteiger partial charge in [-0.1, -0.05) is 31.1 Å². The van der Waals surface area contributed by atoms with Gasteiger partial charge in [0.15, 0.2) is 11.7 Å². The zero-order chi connectivity index (χ0) is 22.8. The van der Waals surface area contributed by atoms with E-state index in [1.165, 1.54) is 5.56 Å². The minimum atomic E-state index is 0.449. The first-order chi connectivity index (χ1) is 15.6. The van der Waals surface area contributed by atoms with E-state index in [9.17, 15) is 0 Å². The topological polar surface area (TPSA) is 80.9 Å². The van der Waals surface area contributed by atoms with Crippen LogP contribution >= 0.6 is 0 Å². The smallest absolute Gasteiger partial charge is 0.191 e. The molecule has 0 saturated carbocycles. The maximum absolute atomic E-state index is 6.16. The van der Waals surface area contributed by atoms with Crippen LogP contribution in [0, 0.1) is 12.8 Å². The number of ether oxygens (including phenoxy) is 2. The molecule has 1 aliphatic heterocycles. The molecule has 1 fully saturated rings. The predicted molar refractivity (Wildman–Crippen MR) is 127 cm³/mol. The Labute approximate surface area is 192 Å². The van der Waals surface area contributed by atoms with Crippen LogP contribution in [-0.2, 0) is 17.8 Å². The second-order valence-electron chi connectivity index (χ2n) is 8.43. The summed E-state index contributed by atoms with van der Waals surface area (Å²) in [5, 5.41) is 10.9. The van der Waals surface area contributed by atoms with Gasteiger partial charge in [0.2, 0.25) is 0 Å². The zero-order valence-corrected chi connectivity index (χ0v) is 19.9. The standard InChI is InChI=1S/C25H38N4O3/c1-5-20(6-2)23-13-22(32-29-23)15-28-25(26-7-3)27-14-21-9-8-18(4)12-24(21)31-17-19-10-11-30-16-19/h8-9,12-13,19-20H,5-7,10-11,14-17H2,1-4H3,(H2,26,27,28). The quantitative estimate of drug-likeness (QED) is 0.392. The molecular formula is C25H38N4O3. The lowest BCUT2D eigenvalue weighted by atomic mass is 9.99. The van der Waals surface area contributed by atoms with E-state index in [0.29, 0.717) is 31.5 Å². The molecule has 2 aromatic rings. The molecule has 7 heteroatoms. The summed E-state index contributed by atoms with van der Waals surface area (Å²) in [6, 6.07) is 8.34. The Hall–Kier alpha value is -2.54. The first kappa shape index (κ1) is 24.1. The van der Waals surface area contributed by atoms with E-state index in [1.807, 2.05) is 6.07 Å². The number of aryl methyl sites for hydroxylation is 1. The van der Waals surface area contributed by atoms with Gasteiger partial charge < -0.3 is 24.6 Å². The van der Waals surface area contributed by atoms with Crippen LogP contribution in [0.3, 0.4) is 0 Å². The lowest BCUT2D eigenvalue weighted by molar-refractivity contribution is 0.166. The average molecular weight is 443 g/mol. The lowest BCUT2D eigenvalue weighted by Crippen LogP contribution is -2.36. The zero-order valence-electron chi connectivity index (χ0n) is 19.9. The van der Waals surface area contributed by atoms with Crippen molar-refractivity contribution in [2.45, 2.75) is 66.0 Å². The molecule has 2 heterocycles. The van der Waals surface area contributed by atoms with Gasteiger partial charge in [-0.05, 0) is 44.7 Å². The van der Waals surface area contributed by atoms with E-state index in [4.69, 9.17) is 19.0 Å². The highest BCUT2D eigenvalue weighted by molar-refractivity contribution is 5.79. The van der Waals surface area contributed by atoms with Gasteiger partial charge in [0.05, 0.1) is 32.0 Å². The molecule has 1 aliphatic rings. The molecule has 176 valence electrons. The second kappa shape index (κ2) is 12.5. The van der Waals surface area contributed by atoms with E-state index in [2.05, 4.69) is 61.7 Å². The van der Waals surface area contributed by atoms with Gasteiger partial charge in [-0.25, -0.2) is 4.99 Å². The number of aromatic nitrogens is 1. The molecule has 1 aromatic heterocycles. The molecule has 2 N–H and O–H groups in total. The molecule has 0 radical (unpaired) electrons.